The van der Waals surface area contributed by atoms with E-state index in [2.05, 4.69) is 0 Å². The first-order valence-electron chi connectivity index (χ1n) is 13.8. The molecule has 0 spiro atoms. The Morgan fingerprint density at radius 2 is 1.68 bits per heavy atom. The van der Waals surface area contributed by atoms with Crippen LogP contribution in [-0.2, 0) is 10.3 Å². The lowest BCUT2D eigenvalue weighted by molar-refractivity contribution is -0.284. The van der Waals surface area contributed by atoms with Gasteiger partial charge in [-0.05, 0) is 73.8 Å². The molecule has 3 atom stereocenters. The Kier molecular flexibility index (Phi) is 12.1. The Bertz CT molecular complexity index is 1020. The second kappa shape index (κ2) is 14.6. The molecular weight excluding hydrogens is 569 g/mol. The average molecular weight is 610 g/mol. The number of phenolic OH excluding ortho intramolecular Hbond substituents is 1. The lowest BCUT2D eigenvalue weighted by atomic mass is 9.70. The largest absolute Gasteiger partial charge is 0.512 e. The summed E-state index contributed by atoms with van der Waals surface area (Å²) in [6.07, 6.45) is 0.137. The molecule has 0 bridgehead atoms. The van der Waals surface area contributed by atoms with E-state index in [-0.39, 0.29) is 24.0 Å². The molecule has 0 saturated heterocycles. The van der Waals surface area contributed by atoms with Gasteiger partial charge in [0.2, 0.25) is 0 Å². The van der Waals surface area contributed by atoms with Gasteiger partial charge in [-0.2, -0.15) is 33.7 Å². The fourth-order valence-electron chi connectivity index (χ4n) is 5.17. The van der Waals surface area contributed by atoms with Crippen LogP contribution in [0.5, 0.6) is 5.75 Å². The number of ether oxygens (including phenoxy) is 1. The third kappa shape index (κ3) is 8.79. The second-order valence-corrected chi connectivity index (χ2v) is 13.0. The van der Waals surface area contributed by atoms with Crippen LogP contribution in [0.4, 0.5) is 22.0 Å². The van der Waals surface area contributed by atoms with E-state index in [4.69, 9.17) is 10.5 Å². The Labute approximate surface area is 242 Å². The summed E-state index contributed by atoms with van der Waals surface area (Å²) in [4.78, 5) is 1.10. The molecule has 4 nitrogen and oxygen atoms in total. The molecule has 2 unspecified atom stereocenters. The standard InChI is InChI=1S/C29H40F5NO3S2/c1-20-17-23-24(27(35,19-40-26(23)18-25(20)37)21-8-10-22(36)11-9-21)7-5-14-38-13-3-2-4-15-39-16-6-12-28(30,31)29(32,33)34/h8-11,18,20,24,36-37H,2-7,12-17,19,35H2,1H3/t20?,24?,27-/m0/s1. The van der Waals surface area contributed by atoms with Crippen molar-refractivity contribution in [1.29, 1.82) is 0 Å². The van der Waals surface area contributed by atoms with Crippen LogP contribution < -0.4 is 5.73 Å². The highest BCUT2D eigenvalue weighted by Crippen LogP contribution is 2.51. The number of unbranched alkanes of at least 4 members (excludes halogenated alkanes) is 2. The molecule has 1 aliphatic heterocycles. The van der Waals surface area contributed by atoms with Crippen LogP contribution in [0.15, 0.2) is 46.6 Å². The fraction of sp³-hybridized carbons (Fsp3) is 0.655. The first-order chi connectivity index (χ1) is 18.8. The lowest BCUT2D eigenvalue weighted by Crippen LogP contribution is -2.50. The van der Waals surface area contributed by atoms with Crippen molar-refractivity contribution >= 4 is 23.5 Å². The van der Waals surface area contributed by atoms with Crippen molar-refractivity contribution in [2.24, 2.45) is 17.6 Å². The number of hydrogen-bond acceptors (Lipinski definition) is 6. The minimum absolute atomic E-state index is 0.0410. The number of benzene rings is 1. The van der Waals surface area contributed by atoms with Gasteiger partial charge in [0.1, 0.15) is 5.75 Å². The topological polar surface area (TPSA) is 75.7 Å². The Balaban J connectivity index is 1.38. The Morgan fingerprint density at radius 3 is 2.38 bits per heavy atom. The molecule has 1 aromatic carbocycles. The minimum atomic E-state index is -5.47. The first kappa shape index (κ1) is 33.1. The fourth-order valence-corrected chi connectivity index (χ4v) is 7.50. The van der Waals surface area contributed by atoms with Gasteiger partial charge in [0.05, 0.1) is 11.3 Å². The number of thioether (sulfide) groups is 2. The Hall–Kier alpha value is -1.43. The van der Waals surface area contributed by atoms with Crippen molar-refractivity contribution in [2.45, 2.75) is 75.9 Å². The highest BCUT2D eigenvalue weighted by atomic mass is 32.2. The van der Waals surface area contributed by atoms with Gasteiger partial charge in [-0.15, -0.1) is 11.8 Å². The van der Waals surface area contributed by atoms with Gasteiger partial charge >= 0.3 is 12.1 Å². The van der Waals surface area contributed by atoms with Crippen LogP contribution in [0.25, 0.3) is 0 Å². The van der Waals surface area contributed by atoms with E-state index in [0.29, 0.717) is 30.5 Å². The van der Waals surface area contributed by atoms with E-state index in [1.807, 2.05) is 25.1 Å². The number of nitrogens with two attached hydrogens (primary N) is 1. The van der Waals surface area contributed by atoms with E-state index >= 15 is 0 Å². The second-order valence-electron chi connectivity index (χ2n) is 10.7. The lowest BCUT2D eigenvalue weighted by Gasteiger charge is -2.45. The smallest absolute Gasteiger partial charge is 0.453 e. The monoisotopic (exact) mass is 609 g/mol. The average Bonchev–Trinajstić information content (AvgIpc) is 2.88. The molecule has 0 saturated carbocycles. The zero-order valence-electron chi connectivity index (χ0n) is 22.8. The number of alkyl halides is 5. The van der Waals surface area contributed by atoms with Gasteiger partial charge in [0, 0.05) is 42.1 Å². The van der Waals surface area contributed by atoms with E-state index in [9.17, 15) is 32.2 Å². The van der Waals surface area contributed by atoms with Crippen molar-refractivity contribution in [3.05, 3.63) is 52.1 Å². The summed E-state index contributed by atoms with van der Waals surface area (Å²) in [5.41, 5.74) is 8.75. The molecular formula is C29H40F5NO3S2. The zero-order valence-corrected chi connectivity index (χ0v) is 24.5. The van der Waals surface area contributed by atoms with Crippen LogP contribution in [-0.4, -0.2) is 52.8 Å². The first-order valence-corrected chi connectivity index (χ1v) is 15.9. The summed E-state index contributed by atoms with van der Waals surface area (Å²) in [6, 6.07) is 7.11. The van der Waals surface area contributed by atoms with Crippen molar-refractivity contribution < 1.29 is 36.9 Å². The molecule has 226 valence electrons. The highest BCUT2D eigenvalue weighted by Gasteiger charge is 2.56. The summed E-state index contributed by atoms with van der Waals surface area (Å²) < 4.78 is 68.2. The van der Waals surface area contributed by atoms with E-state index < -0.39 is 24.1 Å². The predicted molar refractivity (Wildman–Crippen MR) is 153 cm³/mol. The van der Waals surface area contributed by atoms with Crippen LogP contribution in [0, 0.1) is 11.8 Å². The normalized spacial score (nSPS) is 23.7. The van der Waals surface area contributed by atoms with E-state index in [1.165, 1.54) is 17.3 Å². The van der Waals surface area contributed by atoms with Crippen LogP contribution in [0.2, 0.25) is 0 Å². The van der Waals surface area contributed by atoms with Crippen LogP contribution in [0.1, 0.15) is 63.9 Å². The molecule has 1 heterocycles. The number of aliphatic hydroxyl groups is 1. The molecule has 0 aromatic heterocycles. The number of phenols is 1. The predicted octanol–water partition coefficient (Wildman–Crippen LogP) is 8.32. The summed E-state index contributed by atoms with van der Waals surface area (Å²) >= 11 is 3.08. The molecule has 11 heteroatoms. The highest BCUT2D eigenvalue weighted by molar-refractivity contribution is 8.03. The molecule has 0 amide bonds. The number of aromatic hydroxyl groups is 1. The van der Waals surface area contributed by atoms with Crippen molar-refractivity contribution in [3.63, 3.8) is 0 Å². The molecule has 1 aliphatic carbocycles. The minimum Gasteiger partial charge on any atom is -0.512 e. The maximum Gasteiger partial charge on any atom is 0.453 e. The van der Waals surface area contributed by atoms with Crippen molar-refractivity contribution in [2.75, 3.05) is 30.5 Å². The van der Waals surface area contributed by atoms with Gasteiger partial charge in [0.25, 0.3) is 0 Å². The molecule has 0 fully saturated rings. The van der Waals surface area contributed by atoms with Crippen LogP contribution >= 0.6 is 23.5 Å². The molecule has 1 aromatic rings. The zero-order chi connectivity index (χ0) is 29.4. The van der Waals surface area contributed by atoms with E-state index in [0.717, 1.165) is 54.7 Å². The molecule has 4 N–H and O–H groups in total. The van der Waals surface area contributed by atoms with Crippen molar-refractivity contribution in [3.8, 4) is 5.75 Å². The summed E-state index contributed by atoms with van der Waals surface area (Å²) in [6.45, 7) is 3.21. The van der Waals surface area contributed by atoms with Gasteiger partial charge in [-0.1, -0.05) is 31.1 Å². The number of halogens is 5. The SMILES string of the molecule is CC1CC2=C(C=C1O)SC[C@](N)(c1ccc(O)cc1)C2CCCOCCCCCSCCCC(F)(F)C(F)(F)F. The maximum absolute atomic E-state index is 12.9. The summed E-state index contributed by atoms with van der Waals surface area (Å²) in [5, 5.41) is 20.1. The van der Waals surface area contributed by atoms with Gasteiger partial charge in [-0.25, -0.2) is 0 Å². The third-order valence-electron chi connectivity index (χ3n) is 7.59. The quantitative estimate of drug-likeness (QED) is 0.137. The molecule has 0 radical (unpaired) electrons. The van der Waals surface area contributed by atoms with Gasteiger partial charge in [0.15, 0.2) is 0 Å². The summed E-state index contributed by atoms with van der Waals surface area (Å²) in [7, 11) is 0. The Morgan fingerprint density at radius 1 is 1.00 bits per heavy atom. The maximum atomic E-state index is 12.9. The number of allylic oxidation sites excluding steroid dienone is 2. The molecule has 2 aliphatic rings. The number of aliphatic hydroxyl groups excluding tert-OH is 1. The van der Waals surface area contributed by atoms with Gasteiger partial charge in [-0.3, -0.25) is 0 Å². The van der Waals surface area contributed by atoms with E-state index in [1.54, 1.807) is 23.9 Å². The molecule has 40 heavy (non-hydrogen) atoms. The summed E-state index contributed by atoms with van der Waals surface area (Å²) in [5.74, 6) is -2.19. The third-order valence-corrected chi connectivity index (χ3v) is 10.1. The number of hydrogen-bond donors (Lipinski definition) is 3. The van der Waals surface area contributed by atoms with Crippen molar-refractivity contribution in [1.82, 2.24) is 0 Å². The number of rotatable bonds is 15. The molecule has 3 rings (SSSR count). The van der Waals surface area contributed by atoms with Gasteiger partial charge < -0.3 is 20.7 Å². The van der Waals surface area contributed by atoms with Crippen LogP contribution in [0.3, 0.4) is 0 Å².